The lowest BCUT2D eigenvalue weighted by Gasteiger charge is -2.15. The summed E-state index contributed by atoms with van der Waals surface area (Å²) in [4.78, 5) is 2.85. The van der Waals surface area contributed by atoms with Crippen LogP contribution in [0.25, 0.3) is 0 Å². The van der Waals surface area contributed by atoms with Gasteiger partial charge in [0.25, 0.3) is 0 Å². The summed E-state index contributed by atoms with van der Waals surface area (Å²) in [5, 5.41) is 0. The fourth-order valence-corrected chi connectivity index (χ4v) is 3.34. The summed E-state index contributed by atoms with van der Waals surface area (Å²) in [6.07, 6.45) is 3.67. The molecule has 1 aliphatic heterocycles. The molecule has 0 radical (unpaired) electrons. The van der Waals surface area contributed by atoms with E-state index in [9.17, 15) is 0 Å². The van der Waals surface area contributed by atoms with Gasteiger partial charge < -0.3 is 0 Å². The molecule has 0 aromatic heterocycles. The third-order valence-corrected chi connectivity index (χ3v) is 4.29. The zero-order valence-electron chi connectivity index (χ0n) is 9.15. The van der Waals surface area contributed by atoms with Crippen molar-refractivity contribution in [3.8, 4) is 0 Å². The Labute approximate surface area is 101 Å². The van der Waals surface area contributed by atoms with Gasteiger partial charge in [0.2, 0.25) is 0 Å². The molecule has 3 rings (SSSR count). The summed E-state index contributed by atoms with van der Waals surface area (Å²) in [6.45, 7) is 0. The van der Waals surface area contributed by atoms with Gasteiger partial charge in [-0.25, -0.2) is 0 Å². The van der Waals surface area contributed by atoms with E-state index < -0.39 is 0 Å². The molecule has 0 spiro atoms. The van der Waals surface area contributed by atoms with E-state index >= 15 is 0 Å². The van der Waals surface area contributed by atoms with Gasteiger partial charge in [0.05, 0.1) is 0 Å². The standard InChI is InChI=1S/C15H14S/c1-3-10-14-12(6-1)8-5-9-13-7-2-4-11-15(13)16-14/h1-4,6-7,10-11H,5,8-9H2. The van der Waals surface area contributed by atoms with Crippen molar-refractivity contribution in [3.05, 3.63) is 59.7 Å². The number of rotatable bonds is 0. The fraction of sp³-hybridized carbons (Fsp3) is 0.200. The Morgan fingerprint density at radius 1 is 0.688 bits per heavy atom. The predicted octanol–water partition coefficient (Wildman–Crippen LogP) is 4.33. The zero-order valence-corrected chi connectivity index (χ0v) is 9.96. The van der Waals surface area contributed by atoms with Crippen molar-refractivity contribution in [1.82, 2.24) is 0 Å². The van der Waals surface area contributed by atoms with Crippen LogP contribution in [0.4, 0.5) is 0 Å². The first-order valence-corrected chi connectivity index (χ1v) is 6.59. The number of hydrogen-bond acceptors (Lipinski definition) is 1. The van der Waals surface area contributed by atoms with Crippen LogP contribution in [0.5, 0.6) is 0 Å². The lowest BCUT2D eigenvalue weighted by Crippen LogP contribution is -1.97. The van der Waals surface area contributed by atoms with Gasteiger partial charge in [-0.1, -0.05) is 48.2 Å². The van der Waals surface area contributed by atoms with Crippen LogP contribution in [-0.2, 0) is 12.8 Å². The first-order valence-electron chi connectivity index (χ1n) is 5.77. The van der Waals surface area contributed by atoms with E-state index in [0.29, 0.717) is 0 Å². The Kier molecular flexibility index (Phi) is 2.71. The molecule has 0 fully saturated rings. The van der Waals surface area contributed by atoms with Gasteiger partial charge in [-0.05, 0) is 42.5 Å². The Morgan fingerprint density at radius 2 is 1.19 bits per heavy atom. The Morgan fingerprint density at radius 3 is 1.75 bits per heavy atom. The SMILES string of the molecule is c1ccc2c(c1)CCCc1ccccc1S2. The van der Waals surface area contributed by atoms with Gasteiger partial charge in [-0.15, -0.1) is 0 Å². The molecule has 0 atom stereocenters. The molecule has 1 heteroatoms. The minimum Gasteiger partial charge on any atom is -0.0895 e. The molecule has 1 heterocycles. The monoisotopic (exact) mass is 226 g/mol. The molecule has 0 N–H and O–H groups in total. The van der Waals surface area contributed by atoms with Crippen LogP contribution in [0, 0.1) is 0 Å². The van der Waals surface area contributed by atoms with Crippen LogP contribution in [0.15, 0.2) is 58.3 Å². The minimum atomic E-state index is 1.21. The van der Waals surface area contributed by atoms with E-state index in [0.717, 1.165) is 0 Å². The molecule has 0 unspecified atom stereocenters. The largest absolute Gasteiger partial charge is 0.0895 e. The zero-order chi connectivity index (χ0) is 10.8. The van der Waals surface area contributed by atoms with Gasteiger partial charge in [0.15, 0.2) is 0 Å². The lowest BCUT2D eigenvalue weighted by atomic mass is 10.0. The summed E-state index contributed by atoms with van der Waals surface area (Å²) < 4.78 is 0. The summed E-state index contributed by atoms with van der Waals surface area (Å²) >= 11 is 1.92. The normalized spacial score (nSPS) is 14.5. The van der Waals surface area contributed by atoms with Crippen LogP contribution < -0.4 is 0 Å². The maximum atomic E-state index is 2.26. The van der Waals surface area contributed by atoms with Crippen LogP contribution in [0.3, 0.4) is 0 Å². The first-order chi connectivity index (χ1) is 7.93. The smallest absolute Gasteiger partial charge is 0.0154 e. The Bertz CT molecular complexity index is 457. The highest BCUT2D eigenvalue weighted by Gasteiger charge is 2.10. The number of aryl methyl sites for hydroxylation is 2. The topological polar surface area (TPSA) is 0 Å². The average molecular weight is 226 g/mol. The van der Waals surface area contributed by atoms with Crippen LogP contribution in [0.1, 0.15) is 17.5 Å². The van der Waals surface area contributed by atoms with Gasteiger partial charge in [0.1, 0.15) is 0 Å². The van der Waals surface area contributed by atoms with Gasteiger partial charge in [-0.2, -0.15) is 0 Å². The summed E-state index contributed by atoms with van der Waals surface area (Å²) in [5.41, 5.74) is 3.00. The summed E-state index contributed by atoms with van der Waals surface area (Å²) in [5.74, 6) is 0. The van der Waals surface area contributed by atoms with Crippen molar-refractivity contribution >= 4 is 11.8 Å². The minimum absolute atomic E-state index is 1.21. The van der Waals surface area contributed by atoms with E-state index in [1.54, 1.807) is 0 Å². The molecular weight excluding hydrogens is 212 g/mol. The number of hydrogen-bond donors (Lipinski definition) is 0. The van der Waals surface area contributed by atoms with Gasteiger partial charge in [0, 0.05) is 9.79 Å². The quantitative estimate of drug-likeness (QED) is 0.644. The van der Waals surface area contributed by atoms with E-state index in [1.165, 1.54) is 40.2 Å². The average Bonchev–Trinajstić information content (AvgIpc) is 2.29. The van der Waals surface area contributed by atoms with Gasteiger partial charge >= 0.3 is 0 Å². The highest BCUT2D eigenvalue weighted by molar-refractivity contribution is 7.99. The molecule has 2 aromatic rings. The molecule has 2 aromatic carbocycles. The van der Waals surface area contributed by atoms with E-state index in [2.05, 4.69) is 48.5 Å². The molecule has 0 aliphatic carbocycles. The van der Waals surface area contributed by atoms with E-state index in [1.807, 2.05) is 11.8 Å². The molecule has 0 saturated carbocycles. The van der Waals surface area contributed by atoms with E-state index in [-0.39, 0.29) is 0 Å². The third kappa shape index (κ3) is 1.88. The molecule has 1 aliphatic rings. The second-order valence-electron chi connectivity index (χ2n) is 4.17. The number of benzene rings is 2. The molecule has 0 amide bonds. The van der Waals surface area contributed by atoms with Crippen LogP contribution >= 0.6 is 11.8 Å². The summed E-state index contributed by atoms with van der Waals surface area (Å²) in [7, 11) is 0. The predicted molar refractivity (Wildman–Crippen MR) is 69.0 cm³/mol. The first kappa shape index (κ1) is 9.98. The highest BCUT2D eigenvalue weighted by Crippen LogP contribution is 2.35. The molecule has 0 bridgehead atoms. The van der Waals surface area contributed by atoms with Crippen molar-refractivity contribution in [2.75, 3.05) is 0 Å². The molecular formula is C15H14S. The van der Waals surface area contributed by atoms with Crippen molar-refractivity contribution in [2.24, 2.45) is 0 Å². The Balaban J connectivity index is 2.06. The van der Waals surface area contributed by atoms with Crippen molar-refractivity contribution in [2.45, 2.75) is 29.1 Å². The molecule has 0 saturated heterocycles. The van der Waals surface area contributed by atoms with Crippen molar-refractivity contribution in [3.63, 3.8) is 0 Å². The maximum absolute atomic E-state index is 2.26. The lowest BCUT2D eigenvalue weighted by molar-refractivity contribution is 0.792. The summed E-state index contributed by atoms with van der Waals surface area (Å²) in [6, 6.07) is 17.6. The van der Waals surface area contributed by atoms with E-state index in [4.69, 9.17) is 0 Å². The second-order valence-corrected chi connectivity index (χ2v) is 5.25. The second kappa shape index (κ2) is 4.34. The molecule has 16 heavy (non-hydrogen) atoms. The Hall–Kier alpha value is -1.21. The maximum Gasteiger partial charge on any atom is 0.0154 e. The molecule has 0 nitrogen and oxygen atoms in total. The van der Waals surface area contributed by atoms with Crippen molar-refractivity contribution < 1.29 is 0 Å². The van der Waals surface area contributed by atoms with Crippen LogP contribution in [-0.4, -0.2) is 0 Å². The fourth-order valence-electron chi connectivity index (χ4n) is 2.21. The highest BCUT2D eigenvalue weighted by atomic mass is 32.2. The van der Waals surface area contributed by atoms with Gasteiger partial charge in [-0.3, -0.25) is 0 Å². The van der Waals surface area contributed by atoms with Crippen molar-refractivity contribution in [1.29, 1.82) is 0 Å². The van der Waals surface area contributed by atoms with Crippen LogP contribution in [0.2, 0.25) is 0 Å². The number of fused-ring (bicyclic) bond motifs is 2. The third-order valence-electron chi connectivity index (χ3n) is 3.06. The molecule has 80 valence electrons.